The molecule has 0 saturated carbocycles. The SMILES string of the molecule is COc1ccc(CN(/C=C/C=C/C=O)CCc2c[nH]c3ccccc23)cc1. The van der Waals surface area contributed by atoms with E-state index in [0.29, 0.717) is 0 Å². The van der Waals surface area contributed by atoms with E-state index < -0.39 is 0 Å². The number of aromatic amines is 1. The fourth-order valence-electron chi connectivity index (χ4n) is 3.06. The summed E-state index contributed by atoms with van der Waals surface area (Å²) in [5.74, 6) is 0.855. The number of benzene rings is 2. The van der Waals surface area contributed by atoms with Crippen molar-refractivity contribution < 1.29 is 9.53 Å². The van der Waals surface area contributed by atoms with Gasteiger partial charge in [0.15, 0.2) is 0 Å². The van der Waals surface area contributed by atoms with Crippen LogP contribution in [-0.2, 0) is 17.8 Å². The summed E-state index contributed by atoms with van der Waals surface area (Å²) in [5, 5.41) is 1.27. The van der Waals surface area contributed by atoms with Crippen LogP contribution in [0.25, 0.3) is 10.9 Å². The second-order valence-corrected chi connectivity index (χ2v) is 6.29. The van der Waals surface area contributed by atoms with Crippen molar-refractivity contribution in [2.75, 3.05) is 13.7 Å². The van der Waals surface area contributed by atoms with Crippen molar-refractivity contribution in [2.45, 2.75) is 13.0 Å². The summed E-state index contributed by atoms with van der Waals surface area (Å²) in [5.41, 5.74) is 3.68. The number of carbonyl (C=O) groups is 1. The van der Waals surface area contributed by atoms with E-state index >= 15 is 0 Å². The predicted molar refractivity (Wildman–Crippen MR) is 110 cm³/mol. The topological polar surface area (TPSA) is 45.3 Å². The number of para-hydroxylation sites is 1. The Hall–Kier alpha value is -3.27. The Morgan fingerprint density at radius 3 is 2.63 bits per heavy atom. The largest absolute Gasteiger partial charge is 0.497 e. The van der Waals surface area contributed by atoms with Crippen LogP contribution >= 0.6 is 0 Å². The molecule has 0 aliphatic heterocycles. The maximum absolute atomic E-state index is 10.5. The van der Waals surface area contributed by atoms with E-state index in [-0.39, 0.29) is 0 Å². The highest BCUT2D eigenvalue weighted by atomic mass is 16.5. The zero-order valence-electron chi connectivity index (χ0n) is 15.5. The van der Waals surface area contributed by atoms with Crippen molar-refractivity contribution >= 4 is 17.2 Å². The number of H-pyrrole nitrogens is 1. The summed E-state index contributed by atoms with van der Waals surface area (Å²) >= 11 is 0. The van der Waals surface area contributed by atoms with Gasteiger partial charge in [-0.3, -0.25) is 4.79 Å². The van der Waals surface area contributed by atoms with E-state index in [1.165, 1.54) is 28.1 Å². The number of aromatic nitrogens is 1. The highest BCUT2D eigenvalue weighted by Crippen LogP contribution is 2.19. The molecule has 0 saturated heterocycles. The fraction of sp³-hybridized carbons (Fsp3) is 0.174. The zero-order chi connectivity index (χ0) is 18.9. The van der Waals surface area contributed by atoms with Gasteiger partial charge in [-0.1, -0.05) is 36.4 Å². The Labute approximate surface area is 159 Å². The Morgan fingerprint density at radius 1 is 1.04 bits per heavy atom. The van der Waals surface area contributed by atoms with E-state index in [4.69, 9.17) is 4.74 Å². The number of allylic oxidation sites excluding steroid dienone is 3. The van der Waals surface area contributed by atoms with Gasteiger partial charge < -0.3 is 14.6 Å². The van der Waals surface area contributed by atoms with Crippen molar-refractivity contribution in [1.82, 2.24) is 9.88 Å². The first-order valence-electron chi connectivity index (χ1n) is 9.01. The van der Waals surface area contributed by atoms with Crippen LogP contribution in [0.3, 0.4) is 0 Å². The van der Waals surface area contributed by atoms with Crippen molar-refractivity contribution in [2.24, 2.45) is 0 Å². The first-order valence-corrected chi connectivity index (χ1v) is 9.01. The van der Waals surface area contributed by atoms with Gasteiger partial charge in [0.2, 0.25) is 0 Å². The monoisotopic (exact) mass is 360 g/mol. The molecule has 0 radical (unpaired) electrons. The van der Waals surface area contributed by atoms with Gasteiger partial charge in [0.25, 0.3) is 0 Å². The van der Waals surface area contributed by atoms with Gasteiger partial charge in [0.05, 0.1) is 7.11 Å². The van der Waals surface area contributed by atoms with Crippen LogP contribution in [0.4, 0.5) is 0 Å². The lowest BCUT2D eigenvalue weighted by molar-refractivity contribution is -0.104. The van der Waals surface area contributed by atoms with E-state index in [2.05, 4.69) is 46.4 Å². The standard InChI is InChI=1S/C23H24N2O2/c1-27-21-11-9-19(10-12-21)18-25(14-5-2-6-16-26)15-13-20-17-24-23-8-4-3-7-22(20)23/h2-12,14,16-17,24H,13,15,18H2,1H3/b6-2+,14-5+. The summed E-state index contributed by atoms with van der Waals surface area (Å²) in [7, 11) is 1.67. The van der Waals surface area contributed by atoms with Gasteiger partial charge in [-0.05, 0) is 54.1 Å². The van der Waals surface area contributed by atoms with E-state index in [1.54, 1.807) is 13.2 Å². The molecule has 27 heavy (non-hydrogen) atoms. The molecule has 0 aliphatic rings. The number of aldehydes is 1. The van der Waals surface area contributed by atoms with Crippen molar-refractivity contribution in [1.29, 1.82) is 0 Å². The number of ether oxygens (including phenoxy) is 1. The van der Waals surface area contributed by atoms with Gasteiger partial charge >= 0.3 is 0 Å². The third kappa shape index (κ3) is 5.11. The van der Waals surface area contributed by atoms with Gasteiger partial charge in [-0.25, -0.2) is 0 Å². The van der Waals surface area contributed by atoms with Crippen LogP contribution in [0.5, 0.6) is 5.75 Å². The van der Waals surface area contributed by atoms with Gasteiger partial charge in [0.1, 0.15) is 12.0 Å². The third-order valence-corrected chi connectivity index (χ3v) is 4.49. The molecule has 0 bridgehead atoms. The normalized spacial score (nSPS) is 11.4. The molecule has 138 valence electrons. The van der Waals surface area contributed by atoms with Crippen LogP contribution in [0.15, 0.2) is 79.2 Å². The highest BCUT2D eigenvalue weighted by molar-refractivity contribution is 5.83. The lowest BCUT2D eigenvalue weighted by Crippen LogP contribution is -2.19. The number of rotatable bonds is 9. The molecule has 0 spiro atoms. The molecular formula is C23H24N2O2. The minimum Gasteiger partial charge on any atom is -0.497 e. The maximum atomic E-state index is 10.5. The first-order chi connectivity index (χ1) is 13.3. The van der Waals surface area contributed by atoms with Gasteiger partial charge in [-0.15, -0.1) is 0 Å². The second kappa shape index (κ2) is 9.43. The molecule has 3 aromatic rings. The number of hydrogen-bond acceptors (Lipinski definition) is 3. The summed E-state index contributed by atoms with van der Waals surface area (Å²) in [6.07, 6.45) is 11.0. The van der Waals surface area contributed by atoms with E-state index in [1.807, 2.05) is 30.5 Å². The molecule has 3 rings (SSSR count). The fourth-order valence-corrected chi connectivity index (χ4v) is 3.06. The van der Waals surface area contributed by atoms with Crippen molar-refractivity contribution in [3.05, 3.63) is 90.3 Å². The molecule has 0 amide bonds. The number of nitrogens with one attached hydrogen (secondary N) is 1. The Kier molecular flexibility index (Phi) is 6.47. The van der Waals surface area contributed by atoms with E-state index in [0.717, 1.165) is 31.5 Å². The highest BCUT2D eigenvalue weighted by Gasteiger charge is 2.06. The molecule has 0 unspecified atom stereocenters. The van der Waals surface area contributed by atoms with Crippen LogP contribution in [-0.4, -0.2) is 29.8 Å². The number of hydrogen-bond donors (Lipinski definition) is 1. The molecule has 0 atom stereocenters. The lowest BCUT2D eigenvalue weighted by Gasteiger charge is -2.20. The average Bonchev–Trinajstić information content (AvgIpc) is 3.13. The maximum Gasteiger partial charge on any atom is 0.142 e. The second-order valence-electron chi connectivity index (χ2n) is 6.29. The lowest BCUT2D eigenvalue weighted by atomic mass is 10.1. The Bertz CT molecular complexity index is 923. The summed E-state index contributed by atoms with van der Waals surface area (Å²) in [4.78, 5) is 16.0. The van der Waals surface area contributed by atoms with Gasteiger partial charge in [0, 0.05) is 30.2 Å². The van der Waals surface area contributed by atoms with Crippen molar-refractivity contribution in [3.63, 3.8) is 0 Å². The smallest absolute Gasteiger partial charge is 0.142 e. The first kappa shape index (κ1) is 18.5. The summed E-state index contributed by atoms with van der Waals surface area (Å²) in [6.45, 7) is 1.66. The molecule has 1 aromatic heterocycles. The van der Waals surface area contributed by atoms with E-state index in [9.17, 15) is 4.79 Å². The van der Waals surface area contributed by atoms with Gasteiger partial charge in [-0.2, -0.15) is 0 Å². The Morgan fingerprint density at radius 2 is 1.85 bits per heavy atom. The average molecular weight is 360 g/mol. The quantitative estimate of drug-likeness (QED) is 0.347. The summed E-state index contributed by atoms with van der Waals surface area (Å²) < 4.78 is 5.23. The Balaban J connectivity index is 1.71. The van der Waals surface area contributed by atoms with Crippen LogP contribution in [0.2, 0.25) is 0 Å². The molecule has 2 aromatic carbocycles. The molecule has 4 heteroatoms. The number of nitrogens with zero attached hydrogens (tertiary/aromatic N) is 1. The van der Waals surface area contributed by atoms with Crippen LogP contribution in [0, 0.1) is 0 Å². The molecule has 1 N–H and O–H groups in total. The minimum absolute atomic E-state index is 0.782. The molecular weight excluding hydrogens is 336 g/mol. The molecule has 0 aliphatic carbocycles. The molecule has 0 fully saturated rings. The number of carbonyl (C=O) groups excluding carboxylic acids is 1. The third-order valence-electron chi connectivity index (χ3n) is 4.49. The minimum atomic E-state index is 0.782. The van der Waals surface area contributed by atoms with Crippen LogP contribution < -0.4 is 4.74 Å². The van der Waals surface area contributed by atoms with Crippen LogP contribution in [0.1, 0.15) is 11.1 Å². The zero-order valence-corrected chi connectivity index (χ0v) is 15.5. The van der Waals surface area contributed by atoms with Crippen molar-refractivity contribution in [3.8, 4) is 5.75 Å². The summed E-state index contributed by atoms with van der Waals surface area (Å²) in [6, 6.07) is 16.5. The molecule has 4 nitrogen and oxygen atoms in total. The number of fused-ring (bicyclic) bond motifs is 1. The number of methoxy groups -OCH3 is 1. The predicted octanol–water partition coefficient (Wildman–Crippen LogP) is 4.49. The molecule has 1 heterocycles.